The summed E-state index contributed by atoms with van der Waals surface area (Å²) in [5.41, 5.74) is 4.56. The molecule has 0 unspecified atom stereocenters. The Morgan fingerprint density at radius 3 is 2.89 bits per heavy atom. The summed E-state index contributed by atoms with van der Waals surface area (Å²) in [4.78, 5) is 2.55. The van der Waals surface area contributed by atoms with Crippen LogP contribution < -0.4 is 4.72 Å². The Bertz CT molecular complexity index is 390. The molecule has 0 saturated heterocycles. The summed E-state index contributed by atoms with van der Waals surface area (Å²) < 4.78 is 3.32. The zero-order valence-electron chi connectivity index (χ0n) is 11.7. The predicted octanol–water partition coefficient (Wildman–Crippen LogP) is 3.04. The largest absolute Gasteiger partial charge is 0.297 e. The SMILES string of the molecule is CSNCCN1CCc2ccc(C(C)C)cc2C1. The van der Waals surface area contributed by atoms with Crippen LogP contribution in [0, 0.1) is 0 Å². The molecule has 18 heavy (non-hydrogen) atoms. The molecule has 0 aromatic heterocycles. The van der Waals surface area contributed by atoms with Crippen LogP contribution in [-0.2, 0) is 13.0 Å². The fourth-order valence-corrected chi connectivity index (χ4v) is 2.79. The van der Waals surface area contributed by atoms with Crippen molar-refractivity contribution in [2.24, 2.45) is 0 Å². The third-order valence-electron chi connectivity index (χ3n) is 3.66. The number of hydrogen-bond acceptors (Lipinski definition) is 3. The molecule has 0 atom stereocenters. The molecule has 0 bridgehead atoms. The Kier molecular flexibility index (Phi) is 5.10. The van der Waals surface area contributed by atoms with Gasteiger partial charge < -0.3 is 0 Å². The number of nitrogens with one attached hydrogen (secondary N) is 1. The van der Waals surface area contributed by atoms with E-state index in [1.807, 2.05) is 0 Å². The lowest BCUT2D eigenvalue weighted by atomic mass is 9.93. The van der Waals surface area contributed by atoms with E-state index in [0.717, 1.165) is 19.6 Å². The molecule has 2 rings (SSSR count). The van der Waals surface area contributed by atoms with E-state index in [2.05, 4.69) is 47.9 Å². The second-order valence-electron chi connectivity index (χ2n) is 5.31. The molecule has 1 aliphatic rings. The van der Waals surface area contributed by atoms with E-state index in [1.165, 1.54) is 24.1 Å². The van der Waals surface area contributed by atoms with Gasteiger partial charge in [0.15, 0.2) is 0 Å². The highest BCUT2D eigenvalue weighted by molar-refractivity contribution is 7.96. The summed E-state index contributed by atoms with van der Waals surface area (Å²) in [5, 5.41) is 0. The summed E-state index contributed by atoms with van der Waals surface area (Å²) in [5.74, 6) is 0.629. The van der Waals surface area contributed by atoms with Crippen LogP contribution in [0.15, 0.2) is 18.2 Å². The lowest BCUT2D eigenvalue weighted by Crippen LogP contribution is -2.34. The summed E-state index contributed by atoms with van der Waals surface area (Å²) in [6, 6.07) is 7.05. The first kappa shape index (κ1) is 13.9. The molecule has 0 aliphatic carbocycles. The van der Waals surface area contributed by atoms with E-state index in [1.54, 1.807) is 17.5 Å². The molecule has 1 aromatic rings. The monoisotopic (exact) mass is 264 g/mol. The van der Waals surface area contributed by atoms with Crippen LogP contribution >= 0.6 is 11.9 Å². The van der Waals surface area contributed by atoms with Crippen LogP contribution in [0.5, 0.6) is 0 Å². The smallest absolute Gasteiger partial charge is 0.0237 e. The van der Waals surface area contributed by atoms with E-state index < -0.39 is 0 Å². The third-order valence-corrected chi connectivity index (χ3v) is 4.16. The molecule has 0 spiro atoms. The first-order valence-corrected chi connectivity index (χ1v) is 8.03. The minimum Gasteiger partial charge on any atom is -0.297 e. The summed E-state index contributed by atoms with van der Waals surface area (Å²) in [7, 11) is 0. The van der Waals surface area contributed by atoms with Gasteiger partial charge in [-0.3, -0.25) is 9.62 Å². The molecular weight excluding hydrogens is 240 g/mol. The topological polar surface area (TPSA) is 15.3 Å². The predicted molar refractivity (Wildman–Crippen MR) is 81.0 cm³/mol. The Labute approximate surface area is 115 Å². The van der Waals surface area contributed by atoms with Gasteiger partial charge in [0.1, 0.15) is 0 Å². The van der Waals surface area contributed by atoms with Crippen molar-refractivity contribution in [1.82, 2.24) is 9.62 Å². The van der Waals surface area contributed by atoms with Crippen LogP contribution in [0.4, 0.5) is 0 Å². The maximum absolute atomic E-state index is 3.32. The van der Waals surface area contributed by atoms with Crippen LogP contribution in [0.2, 0.25) is 0 Å². The van der Waals surface area contributed by atoms with Gasteiger partial charge in [-0.2, -0.15) is 0 Å². The summed E-state index contributed by atoms with van der Waals surface area (Å²) in [6.07, 6.45) is 3.29. The zero-order valence-corrected chi connectivity index (χ0v) is 12.5. The van der Waals surface area contributed by atoms with Crippen LogP contribution in [-0.4, -0.2) is 30.8 Å². The van der Waals surface area contributed by atoms with Crippen molar-refractivity contribution >= 4 is 11.9 Å². The number of benzene rings is 1. The van der Waals surface area contributed by atoms with E-state index in [0.29, 0.717) is 5.92 Å². The van der Waals surface area contributed by atoms with Gasteiger partial charge in [-0.15, -0.1) is 0 Å². The fourth-order valence-electron chi connectivity index (χ4n) is 2.49. The van der Waals surface area contributed by atoms with E-state index in [4.69, 9.17) is 0 Å². The lowest BCUT2D eigenvalue weighted by Gasteiger charge is -2.29. The van der Waals surface area contributed by atoms with Gasteiger partial charge in [0, 0.05) is 26.2 Å². The maximum atomic E-state index is 3.32. The molecule has 0 fully saturated rings. The Balaban J connectivity index is 2.00. The minimum absolute atomic E-state index is 0.629. The van der Waals surface area contributed by atoms with Gasteiger partial charge in [-0.1, -0.05) is 44.0 Å². The molecule has 2 nitrogen and oxygen atoms in total. The van der Waals surface area contributed by atoms with E-state index >= 15 is 0 Å². The van der Waals surface area contributed by atoms with Crippen molar-refractivity contribution in [1.29, 1.82) is 0 Å². The minimum atomic E-state index is 0.629. The Hall–Kier alpha value is -0.510. The van der Waals surface area contributed by atoms with Crippen LogP contribution in [0.3, 0.4) is 0 Å². The second kappa shape index (κ2) is 6.60. The molecule has 0 amide bonds. The first-order valence-electron chi connectivity index (χ1n) is 6.80. The summed E-state index contributed by atoms with van der Waals surface area (Å²) >= 11 is 1.71. The molecule has 1 aliphatic heterocycles. The molecule has 1 heterocycles. The van der Waals surface area contributed by atoms with Gasteiger partial charge >= 0.3 is 0 Å². The van der Waals surface area contributed by atoms with Crippen molar-refractivity contribution < 1.29 is 0 Å². The van der Waals surface area contributed by atoms with Crippen molar-refractivity contribution in [3.8, 4) is 0 Å². The van der Waals surface area contributed by atoms with E-state index in [-0.39, 0.29) is 0 Å². The molecule has 3 heteroatoms. The normalized spacial score (nSPS) is 16.0. The average molecular weight is 264 g/mol. The van der Waals surface area contributed by atoms with Crippen molar-refractivity contribution in [2.45, 2.75) is 32.7 Å². The summed E-state index contributed by atoms with van der Waals surface area (Å²) in [6.45, 7) is 9.07. The van der Waals surface area contributed by atoms with Crippen LogP contribution in [0.25, 0.3) is 0 Å². The molecule has 1 aromatic carbocycles. The second-order valence-corrected chi connectivity index (χ2v) is 6.00. The maximum Gasteiger partial charge on any atom is 0.0237 e. The highest BCUT2D eigenvalue weighted by Gasteiger charge is 2.16. The highest BCUT2D eigenvalue weighted by Crippen LogP contribution is 2.23. The number of hydrogen-bond donors (Lipinski definition) is 1. The van der Waals surface area contributed by atoms with Crippen molar-refractivity contribution in [3.63, 3.8) is 0 Å². The number of rotatable bonds is 5. The third kappa shape index (κ3) is 3.50. The van der Waals surface area contributed by atoms with Crippen molar-refractivity contribution in [3.05, 3.63) is 34.9 Å². The van der Waals surface area contributed by atoms with Gasteiger partial charge in [0.2, 0.25) is 0 Å². The number of fused-ring (bicyclic) bond motifs is 1. The van der Waals surface area contributed by atoms with Gasteiger partial charge in [0.05, 0.1) is 0 Å². The van der Waals surface area contributed by atoms with Crippen LogP contribution in [0.1, 0.15) is 36.5 Å². The molecule has 0 saturated carbocycles. The molecular formula is C15H24N2S. The average Bonchev–Trinajstić information content (AvgIpc) is 2.38. The van der Waals surface area contributed by atoms with Crippen molar-refractivity contribution in [2.75, 3.05) is 25.9 Å². The van der Waals surface area contributed by atoms with Gasteiger partial charge in [-0.25, -0.2) is 0 Å². The Morgan fingerprint density at radius 1 is 1.33 bits per heavy atom. The Morgan fingerprint density at radius 2 is 2.17 bits per heavy atom. The van der Waals surface area contributed by atoms with E-state index in [9.17, 15) is 0 Å². The quantitative estimate of drug-likeness (QED) is 0.650. The standard InChI is InChI=1S/C15H24N2S/c1-12(2)14-5-4-13-6-8-17(9-7-16-18-3)11-15(13)10-14/h4-5,10,12,16H,6-9,11H2,1-3H3. The van der Waals surface area contributed by atoms with Gasteiger partial charge in [-0.05, 0) is 35.3 Å². The lowest BCUT2D eigenvalue weighted by molar-refractivity contribution is 0.259. The molecule has 0 radical (unpaired) electrons. The van der Waals surface area contributed by atoms with Gasteiger partial charge in [0.25, 0.3) is 0 Å². The molecule has 1 N–H and O–H groups in total. The first-order chi connectivity index (χ1) is 8.70. The fraction of sp³-hybridized carbons (Fsp3) is 0.600. The molecule has 100 valence electrons. The number of nitrogens with zero attached hydrogens (tertiary/aromatic N) is 1. The zero-order chi connectivity index (χ0) is 13.0. The highest BCUT2D eigenvalue weighted by atomic mass is 32.2.